The lowest BCUT2D eigenvalue weighted by molar-refractivity contribution is 0.837. The minimum Gasteiger partial charge on any atom is -0.351 e. The zero-order chi connectivity index (χ0) is 16.5. The van der Waals surface area contributed by atoms with Crippen molar-refractivity contribution in [1.29, 1.82) is 0 Å². The summed E-state index contributed by atoms with van der Waals surface area (Å²) >= 11 is 3.39. The Morgan fingerprint density at radius 3 is 2.88 bits per heavy atom. The zero-order valence-electron chi connectivity index (χ0n) is 13.4. The van der Waals surface area contributed by atoms with Gasteiger partial charge in [0.15, 0.2) is 11.5 Å². The van der Waals surface area contributed by atoms with E-state index in [-0.39, 0.29) is 0 Å². The van der Waals surface area contributed by atoms with E-state index in [1.807, 2.05) is 36.8 Å². The molecule has 4 heterocycles. The van der Waals surface area contributed by atoms with Gasteiger partial charge in [0, 0.05) is 29.1 Å². The summed E-state index contributed by atoms with van der Waals surface area (Å²) in [5.41, 5.74) is 1.78. The number of thiazole rings is 1. The van der Waals surface area contributed by atoms with Crippen molar-refractivity contribution in [3.63, 3.8) is 0 Å². The Balaban J connectivity index is 1.65. The smallest absolute Gasteiger partial charge is 0.186 e. The van der Waals surface area contributed by atoms with E-state index in [4.69, 9.17) is 5.10 Å². The summed E-state index contributed by atoms with van der Waals surface area (Å²) in [6.07, 6.45) is 2.98. The second-order valence-electron chi connectivity index (χ2n) is 5.43. The lowest BCUT2D eigenvalue weighted by atomic mass is 10.3. The zero-order valence-corrected chi connectivity index (χ0v) is 15.0. The average Bonchev–Trinajstić information content (AvgIpc) is 3.33. The lowest BCUT2D eigenvalue weighted by Gasteiger charge is -2.16. The van der Waals surface area contributed by atoms with Gasteiger partial charge in [0.2, 0.25) is 0 Å². The van der Waals surface area contributed by atoms with Crippen LogP contribution in [0.5, 0.6) is 0 Å². The summed E-state index contributed by atoms with van der Waals surface area (Å²) < 4.78 is 1.80. The van der Waals surface area contributed by atoms with Crippen LogP contribution in [0.25, 0.3) is 17.0 Å². The highest BCUT2D eigenvalue weighted by atomic mass is 32.1. The fourth-order valence-corrected chi connectivity index (χ4v) is 3.97. The molecule has 4 aromatic rings. The molecule has 0 unspecified atom stereocenters. The number of hydrogen-bond acceptors (Lipinski definition) is 7. The standard InChI is InChI=1S/C16H16N6S2/c1-3-12-8-17-15(24-12)9-21(2)14-5-4-13-18-19-16(22(13)20-14)11-6-7-23-10-11/h4-8,10H,3,9H2,1-2H3. The molecule has 0 aliphatic carbocycles. The van der Waals surface area contributed by atoms with Crippen LogP contribution >= 0.6 is 22.7 Å². The molecular formula is C16H16N6S2. The van der Waals surface area contributed by atoms with E-state index in [0.29, 0.717) is 0 Å². The van der Waals surface area contributed by atoms with Crippen LogP contribution in [0.3, 0.4) is 0 Å². The van der Waals surface area contributed by atoms with Crippen LogP contribution in [0, 0.1) is 0 Å². The second-order valence-corrected chi connectivity index (χ2v) is 7.41. The Kier molecular flexibility index (Phi) is 3.99. The van der Waals surface area contributed by atoms with E-state index < -0.39 is 0 Å². The Morgan fingerprint density at radius 1 is 1.21 bits per heavy atom. The molecule has 24 heavy (non-hydrogen) atoms. The number of nitrogens with zero attached hydrogens (tertiary/aromatic N) is 6. The van der Waals surface area contributed by atoms with Gasteiger partial charge >= 0.3 is 0 Å². The highest BCUT2D eigenvalue weighted by Crippen LogP contribution is 2.22. The van der Waals surface area contributed by atoms with Crippen molar-refractivity contribution in [2.75, 3.05) is 11.9 Å². The Morgan fingerprint density at radius 2 is 2.12 bits per heavy atom. The normalized spacial score (nSPS) is 11.2. The number of rotatable bonds is 5. The van der Waals surface area contributed by atoms with Gasteiger partial charge in [0.25, 0.3) is 0 Å². The molecule has 0 spiro atoms. The highest BCUT2D eigenvalue weighted by Gasteiger charge is 2.13. The summed E-state index contributed by atoms with van der Waals surface area (Å²) in [6.45, 7) is 2.88. The molecule has 0 amide bonds. The van der Waals surface area contributed by atoms with E-state index in [1.165, 1.54) is 4.88 Å². The van der Waals surface area contributed by atoms with Gasteiger partial charge in [-0.2, -0.15) is 15.9 Å². The number of anilines is 1. The van der Waals surface area contributed by atoms with E-state index >= 15 is 0 Å². The van der Waals surface area contributed by atoms with Gasteiger partial charge in [0.05, 0.1) is 6.54 Å². The third-order valence-electron chi connectivity index (χ3n) is 3.74. The minimum absolute atomic E-state index is 0.735. The maximum Gasteiger partial charge on any atom is 0.186 e. The number of aryl methyl sites for hydroxylation is 1. The predicted octanol–water partition coefficient (Wildman–Crippen LogP) is 3.51. The predicted molar refractivity (Wildman–Crippen MR) is 97.7 cm³/mol. The fourth-order valence-electron chi connectivity index (χ4n) is 2.42. The first-order chi connectivity index (χ1) is 11.7. The summed E-state index contributed by atoms with van der Waals surface area (Å²) in [5.74, 6) is 1.64. The van der Waals surface area contributed by atoms with Crippen molar-refractivity contribution in [3.8, 4) is 11.4 Å². The molecule has 122 valence electrons. The van der Waals surface area contributed by atoms with Crippen molar-refractivity contribution in [1.82, 2.24) is 24.8 Å². The van der Waals surface area contributed by atoms with Crippen molar-refractivity contribution in [2.45, 2.75) is 19.9 Å². The molecule has 6 nitrogen and oxygen atoms in total. The third-order valence-corrected chi connectivity index (χ3v) is 5.55. The first-order valence-electron chi connectivity index (χ1n) is 7.64. The second kappa shape index (κ2) is 6.29. The lowest BCUT2D eigenvalue weighted by Crippen LogP contribution is -2.18. The van der Waals surface area contributed by atoms with Gasteiger partial charge in [-0.25, -0.2) is 4.98 Å². The molecular weight excluding hydrogens is 340 g/mol. The largest absolute Gasteiger partial charge is 0.351 e. The molecule has 4 rings (SSSR count). The molecule has 0 aliphatic rings. The quantitative estimate of drug-likeness (QED) is 0.548. The number of fused-ring (bicyclic) bond motifs is 1. The van der Waals surface area contributed by atoms with Crippen LogP contribution in [-0.2, 0) is 13.0 Å². The summed E-state index contributed by atoms with van der Waals surface area (Å²) in [6, 6.07) is 5.94. The SMILES string of the molecule is CCc1cnc(CN(C)c2ccc3nnc(-c4ccsc4)n3n2)s1. The molecule has 0 fully saturated rings. The van der Waals surface area contributed by atoms with E-state index in [9.17, 15) is 0 Å². The van der Waals surface area contributed by atoms with Crippen LogP contribution in [0.4, 0.5) is 5.82 Å². The molecule has 0 aromatic carbocycles. The first-order valence-corrected chi connectivity index (χ1v) is 9.40. The Labute approximate surface area is 147 Å². The van der Waals surface area contributed by atoms with Crippen molar-refractivity contribution < 1.29 is 0 Å². The van der Waals surface area contributed by atoms with Crippen molar-refractivity contribution >= 4 is 34.1 Å². The van der Waals surface area contributed by atoms with Crippen LogP contribution in [0.15, 0.2) is 35.2 Å². The van der Waals surface area contributed by atoms with Gasteiger partial charge in [-0.15, -0.1) is 26.6 Å². The summed E-state index contributed by atoms with van der Waals surface area (Å²) in [4.78, 5) is 7.88. The molecule has 0 atom stereocenters. The monoisotopic (exact) mass is 356 g/mol. The first kappa shape index (κ1) is 15.2. The Hall–Kier alpha value is -2.32. The average molecular weight is 356 g/mol. The van der Waals surface area contributed by atoms with E-state index in [2.05, 4.69) is 32.4 Å². The van der Waals surface area contributed by atoms with Gasteiger partial charge in [-0.3, -0.25) is 0 Å². The molecule has 0 N–H and O–H groups in total. The van der Waals surface area contributed by atoms with Crippen molar-refractivity contribution in [2.24, 2.45) is 0 Å². The molecule has 4 aromatic heterocycles. The number of hydrogen-bond donors (Lipinski definition) is 0. The van der Waals surface area contributed by atoms with Crippen LogP contribution in [-0.4, -0.2) is 31.8 Å². The van der Waals surface area contributed by atoms with Crippen molar-refractivity contribution in [3.05, 3.63) is 45.0 Å². The summed E-state index contributed by atoms with van der Waals surface area (Å²) in [5, 5.41) is 18.4. The van der Waals surface area contributed by atoms with Crippen LogP contribution in [0.1, 0.15) is 16.8 Å². The molecule has 0 saturated heterocycles. The van der Waals surface area contributed by atoms with E-state index in [0.717, 1.165) is 40.8 Å². The number of thiophene rings is 1. The topological polar surface area (TPSA) is 59.2 Å². The third kappa shape index (κ3) is 2.78. The van der Waals surface area contributed by atoms with Crippen LogP contribution < -0.4 is 4.90 Å². The maximum absolute atomic E-state index is 4.71. The molecule has 0 aliphatic heterocycles. The molecule has 8 heteroatoms. The van der Waals surface area contributed by atoms with Gasteiger partial charge in [0.1, 0.15) is 10.8 Å². The van der Waals surface area contributed by atoms with Gasteiger partial charge in [-0.05, 0) is 30.0 Å². The fraction of sp³-hybridized carbons (Fsp3) is 0.250. The minimum atomic E-state index is 0.735. The molecule has 0 radical (unpaired) electrons. The summed E-state index contributed by atoms with van der Waals surface area (Å²) in [7, 11) is 2.02. The molecule has 0 bridgehead atoms. The molecule has 0 saturated carbocycles. The highest BCUT2D eigenvalue weighted by molar-refractivity contribution is 7.11. The van der Waals surface area contributed by atoms with Gasteiger partial charge < -0.3 is 4.90 Å². The Bertz CT molecular complexity index is 956. The number of aromatic nitrogens is 5. The van der Waals surface area contributed by atoms with E-state index in [1.54, 1.807) is 27.2 Å². The van der Waals surface area contributed by atoms with Crippen LogP contribution in [0.2, 0.25) is 0 Å². The van der Waals surface area contributed by atoms with Gasteiger partial charge in [-0.1, -0.05) is 6.92 Å². The maximum atomic E-state index is 4.71.